The van der Waals surface area contributed by atoms with Crippen LogP contribution in [0, 0.1) is 5.92 Å². The molecule has 0 radical (unpaired) electrons. The van der Waals surface area contributed by atoms with Crippen LogP contribution in [0.4, 0.5) is 0 Å². The van der Waals surface area contributed by atoms with Crippen LogP contribution >= 0.6 is 31.9 Å². The third kappa shape index (κ3) is 4.75. The summed E-state index contributed by atoms with van der Waals surface area (Å²) in [4.78, 5) is 24.9. The third-order valence-electron chi connectivity index (χ3n) is 5.17. The van der Waals surface area contributed by atoms with Gasteiger partial charge in [-0.2, -0.15) is 0 Å². The summed E-state index contributed by atoms with van der Waals surface area (Å²) in [6, 6.07) is 10.6. The molecule has 0 spiro atoms. The van der Waals surface area contributed by atoms with Gasteiger partial charge >= 0.3 is 11.9 Å². The van der Waals surface area contributed by atoms with Crippen LogP contribution in [-0.2, 0) is 9.53 Å². The Bertz CT molecular complexity index is 876. The molecule has 0 bridgehead atoms. The fraction of sp³-hybridized carbons (Fsp3) is 0.429. The number of alkyl halides is 2. The summed E-state index contributed by atoms with van der Waals surface area (Å²) in [5.41, 5.74) is -0.0865. The minimum absolute atomic E-state index is 0.319. The van der Waals surface area contributed by atoms with Crippen molar-refractivity contribution in [2.45, 2.75) is 36.0 Å². The monoisotopic (exact) mass is 511 g/mol. The normalized spacial score (nSPS) is 15.6. The molecule has 2 aromatic carbocycles. The first-order chi connectivity index (χ1) is 13.3. The summed E-state index contributed by atoms with van der Waals surface area (Å²) >= 11 is 6.27. The van der Waals surface area contributed by atoms with Gasteiger partial charge in [-0.05, 0) is 57.3 Å². The molecule has 1 aliphatic heterocycles. The summed E-state index contributed by atoms with van der Waals surface area (Å²) in [5.74, 6) is -0.110. The maximum Gasteiger partial charge on any atom is 0.339 e. The fourth-order valence-corrected chi connectivity index (χ4v) is 3.77. The number of nitrogens with one attached hydrogen (secondary N) is 1. The number of rotatable bonds is 5. The molecule has 5 nitrogen and oxygen atoms in total. The predicted octanol–water partition coefficient (Wildman–Crippen LogP) is 4.80. The van der Waals surface area contributed by atoms with Gasteiger partial charge in [-0.25, -0.2) is 9.59 Å². The molecule has 0 atom stereocenters. The van der Waals surface area contributed by atoms with E-state index in [9.17, 15) is 9.59 Å². The van der Waals surface area contributed by atoms with Gasteiger partial charge < -0.3 is 14.8 Å². The molecule has 0 aliphatic carbocycles. The van der Waals surface area contributed by atoms with Crippen LogP contribution in [0.1, 0.15) is 37.0 Å². The Kier molecular flexibility index (Phi) is 6.78. The Morgan fingerprint density at radius 2 is 1.71 bits per heavy atom. The van der Waals surface area contributed by atoms with E-state index in [2.05, 4.69) is 37.2 Å². The van der Waals surface area contributed by atoms with E-state index in [1.54, 1.807) is 12.1 Å². The average Bonchev–Trinajstić information content (AvgIpc) is 2.68. The van der Waals surface area contributed by atoms with E-state index in [1.807, 2.05) is 38.1 Å². The molecule has 1 N–H and O–H groups in total. The Morgan fingerprint density at radius 3 is 2.36 bits per heavy atom. The largest absolute Gasteiger partial charge is 0.456 e. The van der Waals surface area contributed by atoms with Crippen molar-refractivity contribution in [1.82, 2.24) is 5.32 Å². The summed E-state index contributed by atoms with van der Waals surface area (Å²) < 4.78 is 10.8. The Labute approximate surface area is 181 Å². The number of hydrogen-bond acceptors (Lipinski definition) is 5. The molecule has 150 valence electrons. The summed E-state index contributed by atoms with van der Waals surface area (Å²) in [5, 5.41) is 4.72. The van der Waals surface area contributed by atoms with E-state index < -0.39 is 15.3 Å². The van der Waals surface area contributed by atoms with Gasteiger partial charge in [-0.15, -0.1) is 0 Å². The first kappa shape index (κ1) is 21.3. The molecule has 3 rings (SSSR count). The second kappa shape index (κ2) is 8.93. The van der Waals surface area contributed by atoms with Crippen LogP contribution in [0.15, 0.2) is 36.4 Å². The summed E-state index contributed by atoms with van der Waals surface area (Å²) in [6.07, 6.45) is 1.96. The second-order valence-corrected chi connectivity index (χ2v) is 10.5. The first-order valence-corrected chi connectivity index (χ1v) is 11.1. The molecule has 1 heterocycles. The summed E-state index contributed by atoms with van der Waals surface area (Å²) in [7, 11) is 0. The van der Waals surface area contributed by atoms with E-state index in [-0.39, 0.29) is 5.97 Å². The van der Waals surface area contributed by atoms with Crippen molar-refractivity contribution in [3.8, 4) is 5.75 Å². The lowest BCUT2D eigenvalue weighted by Crippen LogP contribution is -2.42. The van der Waals surface area contributed by atoms with Crippen LogP contribution in [0.3, 0.4) is 0 Å². The maximum atomic E-state index is 13.0. The van der Waals surface area contributed by atoms with E-state index in [0.717, 1.165) is 25.9 Å². The smallest absolute Gasteiger partial charge is 0.339 e. The number of ether oxygens (including phenoxy) is 2. The Balaban J connectivity index is 1.88. The zero-order valence-corrected chi connectivity index (χ0v) is 19.0. The molecule has 0 unspecified atom stereocenters. The van der Waals surface area contributed by atoms with Gasteiger partial charge in [0.15, 0.2) is 3.74 Å². The molecule has 1 fully saturated rings. The van der Waals surface area contributed by atoms with Gasteiger partial charge in [-0.1, -0.05) is 56.1 Å². The Morgan fingerprint density at radius 1 is 1.07 bits per heavy atom. The van der Waals surface area contributed by atoms with Crippen LogP contribution in [0.5, 0.6) is 5.75 Å². The van der Waals surface area contributed by atoms with Crippen LogP contribution in [0.2, 0.25) is 0 Å². The predicted molar refractivity (Wildman–Crippen MR) is 116 cm³/mol. The van der Waals surface area contributed by atoms with Crippen molar-refractivity contribution >= 4 is 54.6 Å². The van der Waals surface area contributed by atoms with Crippen LogP contribution < -0.4 is 10.1 Å². The third-order valence-corrected chi connectivity index (χ3v) is 5.92. The van der Waals surface area contributed by atoms with E-state index in [1.165, 1.54) is 0 Å². The molecule has 2 aromatic rings. The van der Waals surface area contributed by atoms with Gasteiger partial charge in [0.1, 0.15) is 11.4 Å². The number of esters is 2. The van der Waals surface area contributed by atoms with Crippen LogP contribution in [-0.4, -0.2) is 34.4 Å². The minimum atomic E-state index is -0.603. The number of fused-ring (bicyclic) bond motifs is 1. The highest BCUT2D eigenvalue weighted by Crippen LogP contribution is 2.33. The highest BCUT2D eigenvalue weighted by molar-refractivity contribution is 9.25. The number of hydrogen-bond donors (Lipinski definition) is 1. The van der Waals surface area contributed by atoms with E-state index in [4.69, 9.17) is 9.47 Å². The molecular formula is C21H23Br2NO4. The quantitative estimate of drug-likeness (QED) is 0.354. The van der Waals surface area contributed by atoms with Crippen molar-refractivity contribution < 1.29 is 19.1 Å². The average molecular weight is 513 g/mol. The van der Waals surface area contributed by atoms with Crippen molar-refractivity contribution in [3.05, 3.63) is 42.0 Å². The topological polar surface area (TPSA) is 64.6 Å². The lowest BCUT2D eigenvalue weighted by molar-refractivity contribution is -0.131. The lowest BCUT2D eigenvalue weighted by atomic mass is 9.83. The second-order valence-electron chi connectivity index (χ2n) is 7.40. The molecular weight excluding hydrogens is 490 g/mol. The number of carbonyl (C=O) groups is 2. The van der Waals surface area contributed by atoms with Crippen molar-refractivity contribution in [2.24, 2.45) is 5.92 Å². The van der Waals surface area contributed by atoms with Crippen molar-refractivity contribution in [2.75, 3.05) is 13.1 Å². The Hall–Kier alpha value is -1.44. The zero-order valence-electron chi connectivity index (χ0n) is 15.8. The molecule has 0 aromatic heterocycles. The van der Waals surface area contributed by atoms with Crippen molar-refractivity contribution in [3.63, 3.8) is 0 Å². The SMILES string of the molecule is CC(C)(OC(=O)c1ccc(OC(=O)C(Br)Br)c2ccccc12)C1CCNCC1. The molecule has 0 saturated carbocycles. The van der Waals surface area contributed by atoms with Crippen molar-refractivity contribution in [1.29, 1.82) is 0 Å². The van der Waals surface area contributed by atoms with Gasteiger partial charge in [0.25, 0.3) is 0 Å². The van der Waals surface area contributed by atoms with Gasteiger partial charge in [0.2, 0.25) is 0 Å². The van der Waals surface area contributed by atoms with Gasteiger partial charge in [0.05, 0.1) is 5.56 Å². The summed E-state index contributed by atoms with van der Waals surface area (Å²) in [6.45, 7) is 5.84. The lowest BCUT2D eigenvalue weighted by Gasteiger charge is -2.36. The minimum Gasteiger partial charge on any atom is -0.456 e. The molecule has 28 heavy (non-hydrogen) atoms. The number of carbonyl (C=O) groups excluding carboxylic acids is 2. The standard InChI is InChI=1S/C21H23Br2NO4/c1-21(2,13-9-11-24-12-10-13)28-19(25)16-7-8-17(27-20(26)18(22)23)15-6-4-3-5-14(15)16/h3-8,13,18,24H,9-12H2,1-2H3. The zero-order chi connectivity index (χ0) is 20.3. The van der Waals surface area contributed by atoms with Gasteiger partial charge in [0, 0.05) is 11.3 Å². The van der Waals surface area contributed by atoms with Crippen LogP contribution in [0.25, 0.3) is 10.8 Å². The maximum absolute atomic E-state index is 13.0. The highest BCUT2D eigenvalue weighted by Gasteiger charge is 2.34. The van der Waals surface area contributed by atoms with E-state index >= 15 is 0 Å². The highest BCUT2D eigenvalue weighted by atomic mass is 79.9. The molecule has 7 heteroatoms. The van der Waals surface area contributed by atoms with Gasteiger partial charge in [-0.3, -0.25) is 0 Å². The number of halogens is 2. The van der Waals surface area contributed by atoms with E-state index in [0.29, 0.717) is 28.0 Å². The number of benzene rings is 2. The first-order valence-electron chi connectivity index (χ1n) is 9.25. The molecule has 1 saturated heterocycles. The fourth-order valence-electron chi connectivity index (χ4n) is 3.59. The number of piperidine rings is 1. The molecule has 1 aliphatic rings. The molecule has 0 amide bonds.